The van der Waals surface area contributed by atoms with Crippen LogP contribution >= 0.6 is 11.6 Å². The van der Waals surface area contributed by atoms with Crippen molar-refractivity contribution in [3.05, 3.63) is 51.3 Å². The van der Waals surface area contributed by atoms with Crippen LogP contribution in [0.3, 0.4) is 0 Å². The van der Waals surface area contributed by atoms with Gasteiger partial charge < -0.3 is 11.1 Å². The number of hydrogen-bond acceptors (Lipinski definition) is 3. The van der Waals surface area contributed by atoms with Gasteiger partial charge in [-0.2, -0.15) is 18.3 Å². The molecular formula is C18H18ClF3N4O2. The summed E-state index contributed by atoms with van der Waals surface area (Å²) in [5.74, 6) is -1.72. The van der Waals surface area contributed by atoms with Gasteiger partial charge in [0.1, 0.15) is 5.69 Å². The van der Waals surface area contributed by atoms with Crippen molar-refractivity contribution in [2.75, 3.05) is 5.32 Å². The third kappa shape index (κ3) is 4.36. The Kier molecular flexibility index (Phi) is 5.88. The predicted molar refractivity (Wildman–Crippen MR) is 100 cm³/mol. The summed E-state index contributed by atoms with van der Waals surface area (Å²) in [5, 5.41) is 6.20. The summed E-state index contributed by atoms with van der Waals surface area (Å²) in [6.07, 6.45) is -4.73. The Bertz CT molecular complexity index is 989. The molecule has 1 heterocycles. The number of hydrogen-bond donors (Lipinski definition) is 2. The number of halogens is 4. The zero-order valence-corrected chi connectivity index (χ0v) is 16.3. The molecule has 0 fully saturated rings. The SMILES string of the molecule is CC(C)=C(C)n1nc(C(F)(F)F)cc1C(=O)Nc1c(C)cc(Cl)cc1C(N)=O. The van der Waals surface area contributed by atoms with Gasteiger partial charge in [-0.25, -0.2) is 4.68 Å². The molecule has 2 aromatic rings. The van der Waals surface area contributed by atoms with Gasteiger partial charge in [0.2, 0.25) is 0 Å². The topological polar surface area (TPSA) is 90.0 Å². The van der Waals surface area contributed by atoms with E-state index in [-0.39, 0.29) is 22.0 Å². The van der Waals surface area contributed by atoms with Gasteiger partial charge in [0, 0.05) is 16.8 Å². The Hall–Kier alpha value is -2.81. The van der Waals surface area contributed by atoms with E-state index in [9.17, 15) is 22.8 Å². The highest BCUT2D eigenvalue weighted by atomic mass is 35.5. The van der Waals surface area contributed by atoms with Gasteiger partial charge in [0.05, 0.1) is 11.3 Å². The molecule has 2 amide bonds. The number of nitrogens with one attached hydrogen (secondary N) is 1. The Balaban J connectivity index is 2.58. The number of aryl methyl sites for hydroxylation is 1. The molecule has 0 spiro atoms. The lowest BCUT2D eigenvalue weighted by atomic mass is 10.1. The van der Waals surface area contributed by atoms with Crippen LogP contribution in [0.1, 0.15) is 52.9 Å². The van der Waals surface area contributed by atoms with E-state index in [2.05, 4.69) is 10.4 Å². The summed E-state index contributed by atoms with van der Waals surface area (Å²) in [7, 11) is 0. The zero-order chi connectivity index (χ0) is 21.4. The quantitative estimate of drug-likeness (QED) is 0.772. The average Bonchev–Trinajstić information content (AvgIpc) is 3.01. The number of nitrogens with two attached hydrogens (primary N) is 1. The summed E-state index contributed by atoms with van der Waals surface area (Å²) in [5.41, 5.74) is 5.25. The van der Waals surface area contributed by atoms with E-state index in [1.807, 2.05) is 0 Å². The first kappa shape index (κ1) is 21.5. The summed E-state index contributed by atoms with van der Waals surface area (Å²) < 4.78 is 40.3. The Morgan fingerprint density at radius 3 is 2.29 bits per heavy atom. The number of allylic oxidation sites excluding steroid dienone is 2. The van der Waals surface area contributed by atoms with Gasteiger partial charge in [-0.15, -0.1) is 0 Å². The van der Waals surface area contributed by atoms with Crippen molar-refractivity contribution in [3.8, 4) is 0 Å². The number of rotatable bonds is 4. The molecule has 0 unspecified atom stereocenters. The van der Waals surface area contributed by atoms with Crippen molar-refractivity contribution in [2.24, 2.45) is 5.73 Å². The minimum absolute atomic E-state index is 0.0561. The van der Waals surface area contributed by atoms with Crippen LogP contribution in [0.15, 0.2) is 23.8 Å². The van der Waals surface area contributed by atoms with E-state index in [0.29, 0.717) is 22.9 Å². The minimum atomic E-state index is -4.73. The number of benzene rings is 1. The highest BCUT2D eigenvalue weighted by Gasteiger charge is 2.36. The molecule has 1 aromatic heterocycles. The summed E-state index contributed by atoms with van der Waals surface area (Å²) >= 11 is 5.91. The Morgan fingerprint density at radius 1 is 1.18 bits per heavy atom. The van der Waals surface area contributed by atoms with Gasteiger partial charge in [0.15, 0.2) is 5.69 Å². The molecule has 6 nitrogen and oxygen atoms in total. The number of nitrogens with zero attached hydrogens (tertiary/aromatic N) is 2. The zero-order valence-electron chi connectivity index (χ0n) is 15.5. The highest BCUT2D eigenvalue weighted by molar-refractivity contribution is 6.31. The molecule has 2 rings (SSSR count). The smallest absolute Gasteiger partial charge is 0.366 e. The standard InChI is InChI=1S/C18H18ClF3N4O2/c1-8(2)10(4)26-13(7-14(25-26)18(20,21)22)17(28)24-15-9(3)5-11(19)6-12(15)16(23)27/h5-7H,1-4H3,(H2,23,27)(H,24,28). The maximum absolute atomic E-state index is 13.1. The van der Waals surface area contributed by atoms with Crippen molar-refractivity contribution in [2.45, 2.75) is 33.9 Å². The minimum Gasteiger partial charge on any atom is -0.366 e. The first-order chi connectivity index (χ1) is 12.8. The van der Waals surface area contributed by atoms with Crippen LogP contribution in [0.4, 0.5) is 18.9 Å². The fourth-order valence-corrected chi connectivity index (χ4v) is 2.70. The third-order valence-corrected chi connectivity index (χ3v) is 4.30. The number of aromatic nitrogens is 2. The summed E-state index contributed by atoms with van der Waals surface area (Å²) in [6, 6.07) is 3.41. The van der Waals surface area contributed by atoms with Crippen LogP contribution in [0.25, 0.3) is 5.70 Å². The monoisotopic (exact) mass is 414 g/mol. The van der Waals surface area contributed by atoms with Crippen molar-refractivity contribution in [1.29, 1.82) is 0 Å². The molecule has 150 valence electrons. The van der Waals surface area contributed by atoms with Crippen LogP contribution in [0.2, 0.25) is 5.02 Å². The molecule has 1 aromatic carbocycles. The average molecular weight is 415 g/mol. The van der Waals surface area contributed by atoms with Gasteiger partial charge >= 0.3 is 6.18 Å². The van der Waals surface area contributed by atoms with E-state index in [4.69, 9.17) is 17.3 Å². The van der Waals surface area contributed by atoms with E-state index in [1.165, 1.54) is 12.1 Å². The lowest BCUT2D eigenvalue weighted by Crippen LogP contribution is -2.21. The molecule has 0 radical (unpaired) electrons. The van der Waals surface area contributed by atoms with Crippen molar-refractivity contribution >= 4 is 34.8 Å². The molecule has 28 heavy (non-hydrogen) atoms. The van der Waals surface area contributed by atoms with Crippen LogP contribution < -0.4 is 11.1 Å². The third-order valence-electron chi connectivity index (χ3n) is 4.08. The number of primary amides is 1. The first-order valence-corrected chi connectivity index (χ1v) is 8.43. The Labute approximate surface area is 164 Å². The molecule has 0 aliphatic heterocycles. The molecule has 0 saturated carbocycles. The number of alkyl halides is 3. The van der Waals surface area contributed by atoms with Crippen LogP contribution in [-0.2, 0) is 6.18 Å². The molecule has 10 heteroatoms. The molecule has 0 atom stereocenters. The molecule has 0 aliphatic rings. The van der Waals surface area contributed by atoms with Gasteiger partial charge in [-0.05, 0) is 45.4 Å². The largest absolute Gasteiger partial charge is 0.435 e. The summed E-state index contributed by atoms with van der Waals surface area (Å²) in [4.78, 5) is 24.5. The van der Waals surface area contributed by atoms with Crippen molar-refractivity contribution < 1.29 is 22.8 Å². The molecule has 0 saturated heterocycles. The maximum Gasteiger partial charge on any atom is 0.435 e. The molecule has 3 N–H and O–H groups in total. The second-order valence-corrected chi connectivity index (χ2v) is 6.81. The molecule has 0 bridgehead atoms. The normalized spacial score (nSPS) is 11.3. The van der Waals surface area contributed by atoms with Crippen LogP contribution in [0, 0.1) is 6.92 Å². The van der Waals surface area contributed by atoms with Crippen molar-refractivity contribution in [1.82, 2.24) is 9.78 Å². The van der Waals surface area contributed by atoms with E-state index >= 15 is 0 Å². The number of anilines is 1. The van der Waals surface area contributed by atoms with E-state index < -0.39 is 23.7 Å². The maximum atomic E-state index is 13.1. The van der Waals surface area contributed by atoms with Crippen molar-refractivity contribution in [3.63, 3.8) is 0 Å². The van der Waals surface area contributed by atoms with Crippen LogP contribution in [-0.4, -0.2) is 21.6 Å². The van der Waals surface area contributed by atoms with Gasteiger partial charge in [0.25, 0.3) is 11.8 Å². The lowest BCUT2D eigenvalue weighted by Gasteiger charge is -2.14. The second-order valence-electron chi connectivity index (χ2n) is 6.37. The molecular weight excluding hydrogens is 397 g/mol. The number of carbonyl (C=O) groups is 2. The number of carbonyl (C=O) groups excluding carboxylic acids is 2. The van der Waals surface area contributed by atoms with Gasteiger partial charge in [-0.1, -0.05) is 17.2 Å². The number of amides is 2. The predicted octanol–water partition coefficient (Wildman–Crippen LogP) is 4.49. The highest BCUT2D eigenvalue weighted by Crippen LogP contribution is 2.31. The first-order valence-electron chi connectivity index (χ1n) is 8.06. The second kappa shape index (κ2) is 7.67. The van der Waals surface area contributed by atoms with Gasteiger partial charge in [-0.3, -0.25) is 9.59 Å². The Morgan fingerprint density at radius 2 is 1.79 bits per heavy atom. The molecule has 0 aliphatic carbocycles. The lowest BCUT2D eigenvalue weighted by molar-refractivity contribution is -0.141. The fraction of sp³-hybridized carbons (Fsp3) is 0.278. The fourth-order valence-electron chi connectivity index (χ4n) is 2.43. The van der Waals surface area contributed by atoms with E-state index in [1.54, 1.807) is 27.7 Å². The summed E-state index contributed by atoms with van der Waals surface area (Å²) in [6.45, 7) is 6.48. The van der Waals surface area contributed by atoms with E-state index in [0.717, 1.165) is 4.68 Å². The van der Waals surface area contributed by atoms with Crippen LogP contribution in [0.5, 0.6) is 0 Å².